The first-order chi connectivity index (χ1) is 8.15. The highest BCUT2D eigenvalue weighted by Gasteiger charge is 2.03. The van der Waals surface area contributed by atoms with E-state index in [0.29, 0.717) is 4.77 Å². The van der Waals surface area contributed by atoms with E-state index in [1.807, 2.05) is 37.3 Å². The molecular formula is C12H8N4S. The predicted octanol–water partition coefficient (Wildman–Crippen LogP) is 2.90. The number of fused-ring (bicyclic) bond motifs is 1. The highest BCUT2D eigenvalue weighted by Crippen LogP contribution is 2.16. The van der Waals surface area contributed by atoms with E-state index in [4.69, 9.17) is 22.7 Å². The molecule has 0 aliphatic rings. The Hall–Kier alpha value is -2.37. The quantitative estimate of drug-likeness (QED) is 0.615. The van der Waals surface area contributed by atoms with Gasteiger partial charge in [-0.25, -0.2) is 0 Å². The van der Waals surface area contributed by atoms with Crippen LogP contribution in [0.25, 0.3) is 17.2 Å². The van der Waals surface area contributed by atoms with Crippen LogP contribution in [-0.4, -0.2) is 9.55 Å². The molecule has 1 aromatic heterocycles. The molecule has 82 valence electrons. The fourth-order valence-corrected chi connectivity index (χ4v) is 1.85. The molecule has 1 N–H and O–H groups in total. The number of H-pyrrole nitrogens is 1. The predicted molar refractivity (Wildman–Crippen MR) is 67.4 cm³/mol. The summed E-state index contributed by atoms with van der Waals surface area (Å²) in [6.45, 7) is 1.99. The lowest BCUT2D eigenvalue weighted by atomic mass is 10.2. The Bertz CT molecular complexity index is 733. The molecular weight excluding hydrogens is 232 g/mol. The molecule has 2 rings (SSSR count). The molecule has 0 amide bonds. The van der Waals surface area contributed by atoms with Gasteiger partial charge in [0.15, 0.2) is 4.77 Å². The van der Waals surface area contributed by atoms with Crippen LogP contribution in [0.15, 0.2) is 23.8 Å². The third-order valence-corrected chi connectivity index (χ3v) is 2.67. The van der Waals surface area contributed by atoms with Crippen LogP contribution in [-0.2, 0) is 0 Å². The lowest BCUT2D eigenvalue weighted by Gasteiger charge is -1.96. The van der Waals surface area contributed by atoms with Gasteiger partial charge in [0, 0.05) is 6.20 Å². The van der Waals surface area contributed by atoms with Gasteiger partial charge in [-0.3, -0.25) is 4.57 Å². The molecule has 0 atom stereocenters. The lowest BCUT2D eigenvalue weighted by Crippen LogP contribution is -1.88. The number of aryl methyl sites for hydroxylation is 1. The Morgan fingerprint density at radius 3 is 2.76 bits per heavy atom. The van der Waals surface area contributed by atoms with Crippen molar-refractivity contribution in [1.29, 1.82) is 10.5 Å². The van der Waals surface area contributed by atoms with Crippen molar-refractivity contribution in [3.8, 4) is 12.1 Å². The van der Waals surface area contributed by atoms with Crippen molar-refractivity contribution < 1.29 is 0 Å². The molecule has 0 bridgehead atoms. The molecule has 0 radical (unpaired) electrons. The van der Waals surface area contributed by atoms with Crippen molar-refractivity contribution in [2.45, 2.75) is 6.92 Å². The molecule has 0 saturated carbocycles. The summed E-state index contributed by atoms with van der Waals surface area (Å²) in [5, 5.41) is 17.5. The number of aromatic nitrogens is 2. The number of nitrogens with one attached hydrogen (secondary N) is 1. The summed E-state index contributed by atoms with van der Waals surface area (Å²) in [7, 11) is 0. The zero-order valence-corrected chi connectivity index (χ0v) is 9.88. The summed E-state index contributed by atoms with van der Waals surface area (Å²) in [4.78, 5) is 3.04. The van der Waals surface area contributed by atoms with Gasteiger partial charge in [-0.15, -0.1) is 0 Å². The Kier molecular flexibility index (Phi) is 2.78. The van der Waals surface area contributed by atoms with E-state index < -0.39 is 0 Å². The number of nitriles is 2. The van der Waals surface area contributed by atoms with Crippen LogP contribution in [0.2, 0.25) is 0 Å². The van der Waals surface area contributed by atoms with E-state index in [-0.39, 0.29) is 5.57 Å². The minimum Gasteiger partial charge on any atom is -0.330 e. The lowest BCUT2D eigenvalue weighted by molar-refractivity contribution is 1.13. The van der Waals surface area contributed by atoms with Crippen molar-refractivity contribution in [2.24, 2.45) is 0 Å². The van der Waals surface area contributed by atoms with E-state index in [1.54, 1.807) is 4.57 Å². The summed E-state index contributed by atoms with van der Waals surface area (Å²) in [5.74, 6) is 0. The molecule has 0 saturated heterocycles. The molecule has 2 aromatic rings. The van der Waals surface area contributed by atoms with Gasteiger partial charge in [0.1, 0.15) is 17.7 Å². The second kappa shape index (κ2) is 4.25. The Labute approximate surface area is 103 Å². The summed E-state index contributed by atoms with van der Waals surface area (Å²) >= 11 is 5.15. The smallest absolute Gasteiger partial charge is 0.182 e. The van der Waals surface area contributed by atoms with E-state index in [0.717, 1.165) is 16.6 Å². The van der Waals surface area contributed by atoms with Gasteiger partial charge in [0.25, 0.3) is 0 Å². The number of hydrogen-bond donors (Lipinski definition) is 1. The highest BCUT2D eigenvalue weighted by atomic mass is 32.1. The third-order valence-electron chi connectivity index (χ3n) is 2.37. The van der Waals surface area contributed by atoms with Crippen LogP contribution in [0.4, 0.5) is 0 Å². The topological polar surface area (TPSA) is 68.3 Å². The van der Waals surface area contributed by atoms with Crippen molar-refractivity contribution in [3.63, 3.8) is 0 Å². The maximum Gasteiger partial charge on any atom is 0.182 e. The fourth-order valence-electron chi connectivity index (χ4n) is 1.58. The summed E-state index contributed by atoms with van der Waals surface area (Å²) in [5.41, 5.74) is 2.87. The van der Waals surface area contributed by atoms with E-state index in [2.05, 4.69) is 4.98 Å². The van der Waals surface area contributed by atoms with E-state index in [1.165, 1.54) is 6.20 Å². The first-order valence-electron chi connectivity index (χ1n) is 4.88. The summed E-state index contributed by atoms with van der Waals surface area (Å²) < 4.78 is 2.10. The van der Waals surface area contributed by atoms with Crippen molar-refractivity contribution in [1.82, 2.24) is 9.55 Å². The molecule has 0 aliphatic carbocycles. The SMILES string of the molecule is Cc1ccc2c(c1)[nH]c(=S)n2C=C(C#N)C#N. The van der Waals surface area contributed by atoms with Gasteiger partial charge < -0.3 is 4.98 Å². The number of aromatic amines is 1. The molecule has 0 spiro atoms. The van der Waals surface area contributed by atoms with Crippen molar-refractivity contribution in [3.05, 3.63) is 34.1 Å². The second-order valence-electron chi connectivity index (χ2n) is 3.59. The minimum atomic E-state index is 0.0163. The first kappa shape index (κ1) is 11.1. The van der Waals surface area contributed by atoms with Gasteiger partial charge in [-0.05, 0) is 36.8 Å². The number of nitrogens with zero attached hydrogens (tertiary/aromatic N) is 3. The third kappa shape index (κ3) is 1.96. The first-order valence-corrected chi connectivity index (χ1v) is 5.29. The zero-order chi connectivity index (χ0) is 12.4. The van der Waals surface area contributed by atoms with Crippen LogP contribution in [0.5, 0.6) is 0 Å². The minimum absolute atomic E-state index is 0.0163. The van der Waals surface area contributed by atoms with Crippen molar-refractivity contribution in [2.75, 3.05) is 0 Å². The monoisotopic (exact) mass is 240 g/mol. The number of benzene rings is 1. The fraction of sp³-hybridized carbons (Fsp3) is 0.0833. The molecule has 5 heteroatoms. The van der Waals surface area contributed by atoms with Gasteiger partial charge in [0.2, 0.25) is 0 Å². The largest absolute Gasteiger partial charge is 0.330 e. The van der Waals surface area contributed by atoms with Gasteiger partial charge in [-0.1, -0.05) is 6.07 Å². The Morgan fingerprint density at radius 1 is 1.41 bits per heavy atom. The molecule has 1 heterocycles. The molecule has 0 fully saturated rings. The normalized spacial score (nSPS) is 9.59. The van der Waals surface area contributed by atoms with E-state index >= 15 is 0 Å². The number of imidazole rings is 1. The van der Waals surface area contributed by atoms with Crippen molar-refractivity contribution >= 4 is 29.5 Å². The van der Waals surface area contributed by atoms with E-state index in [9.17, 15) is 0 Å². The van der Waals surface area contributed by atoms with Gasteiger partial charge in [0.05, 0.1) is 11.0 Å². The highest BCUT2D eigenvalue weighted by molar-refractivity contribution is 7.71. The average molecular weight is 240 g/mol. The Balaban J connectivity index is 2.76. The number of hydrogen-bond acceptors (Lipinski definition) is 3. The molecule has 1 aromatic carbocycles. The molecule has 0 unspecified atom stereocenters. The zero-order valence-electron chi connectivity index (χ0n) is 9.06. The summed E-state index contributed by atoms with van der Waals surface area (Å²) in [6, 6.07) is 9.45. The maximum atomic E-state index is 8.73. The second-order valence-corrected chi connectivity index (χ2v) is 3.97. The number of allylic oxidation sites excluding steroid dienone is 1. The van der Waals surface area contributed by atoms with Crippen LogP contribution < -0.4 is 0 Å². The van der Waals surface area contributed by atoms with Crippen LogP contribution in [0.1, 0.15) is 5.56 Å². The number of rotatable bonds is 1. The summed E-state index contributed by atoms with van der Waals surface area (Å²) in [6.07, 6.45) is 1.44. The average Bonchev–Trinajstić information content (AvgIpc) is 2.61. The standard InChI is InChI=1S/C12H8N4S/c1-8-2-3-11-10(4-8)15-12(17)16(11)7-9(5-13)6-14/h2-4,7H,1H3,(H,15,17). The van der Waals surface area contributed by atoms with Crippen LogP contribution in [0, 0.1) is 34.4 Å². The molecule has 4 nitrogen and oxygen atoms in total. The maximum absolute atomic E-state index is 8.73. The Morgan fingerprint density at radius 2 is 2.12 bits per heavy atom. The van der Waals surface area contributed by atoms with Gasteiger partial charge >= 0.3 is 0 Å². The van der Waals surface area contributed by atoms with Gasteiger partial charge in [-0.2, -0.15) is 10.5 Å². The van der Waals surface area contributed by atoms with Crippen LogP contribution >= 0.6 is 12.2 Å². The molecule has 17 heavy (non-hydrogen) atoms. The molecule has 0 aliphatic heterocycles. The van der Waals surface area contributed by atoms with Crippen LogP contribution in [0.3, 0.4) is 0 Å².